The van der Waals surface area contributed by atoms with E-state index < -0.39 is 95.6 Å². The maximum absolute atomic E-state index is 12.7. The number of rotatable bonds is 25. The number of anilines is 1. The number of benzene rings is 1. The van der Waals surface area contributed by atoms with Gasteiger partial charge in [-0.3, -0.25) is 37.3 Å². The van der Waals surface area contributed by atoms with Crippen molar-refractivity contribution in [3.8, 4) is 0 Å². The maximum atomic E-state index is 12.7. The van der Waals surface area contributed by atoms with E-state index in [1.54, 1.807) is 0 Å². The molecule has 0 spiro atoms. The average molecular weight is 1000 g/mol. The molecule has 0 radical (unpaired) electrons. The lowest BCUT2D eigenvalue weighted by Gasteiger charge is -2.30. The molecule has 11 N–H and O–H groups in total. The molecular weight excluding hydrogens is 953 g/mol. The number of ether oxygens (including phenoxy) is 1. The molecule has 0 aliphatic carbocycles. The molecule has 1 aromatic carbocycles. The Morgan fingerprint density at radius 2 is 1.69 bits per heavy atom. The van der Waals surface area contributed by atoms with Crippen LogP contribution in [0.2, 0.25) is 0 Å². The first kappa shape index (κ1) is 53.2. The number of amides is 3. The van der Waals surface area contributed by atoms with E-state index in [1.165, 1.54) is 13.8 Å². The van der Waals surface area contributed by atoms with Gasteiger partial charge in [0.25, 0.3) is 0 Å². The molecule has 3 amide bonds. The van der Waals surface area contributed by atoms with Crippen LogP contribution >= 0.6 is 47.9 Å². The summed E-state index contributed by atoms with van der Waals surface area (Å²) >= 11 is 5.13. The molecule has 1 fully saturated rings. The number of aromatic nitrogens is 4. The number of hydrogen-bond donors (Lipinski definition) is 11. The molecule has 356 valence electrons. The largest absolute Gasteiger partial charge is 0.481 e. The maximum Gasteiger partial charge on any atom is 0.481 e. The van der Waals surface area contributed by atoms with Gasteiger partial charge in [-0.25, -0.2) is 28.6 Å². The highest BCUT2D eigenvalue weighted by molar-refractivity contribution is 8.13. The molecule has 4 rings (SSSR count). The number of imidazole rings is 1. The van der Waals surface area contributed by atoms with Crippen LogP contribution in [0.4, 0.5) is 5.82 Å². The molecule has 3 heterocycles. The number of nitrogens with two attached hydrogens (primary N) is 1. The normalized spacial score (nSPS) is 20.8. The third-order valence-corrected chi connectivity index (χ3v) is 13.4. The molecule has 31 heteroatoms. The highest BCUT2D eigenvalue weighted by atomic mass is 32.2. The van der Waals surface area contributed by atoms with E-state index in [0.29, 0.717) is 12.2 Å². The highest BCUT2D eigenvalue weighted by Gasteiger charge is 2.50. The van der Waals surface area contributed by atoms with Crippen LogP contribution in [0, 0.1) is 5.41 Å². The van der Waals surface area contributed by atoms with Crippen LogP contribution in [0.15, 0.2) is 43.0 Å². The summed E-state index contributed by atoms with van der Waals surface area (Å²) < 4.78 is 62.3. The van der Waals surface area contributed by atoms with Gasteiger partial charge in [-0.2, -0.15) is 16.9 Å². The van der Waals surface area contributed by atoms with E-state index in [2.05, 4.69) is 52.4 Å². The number of phosphoric ester groups is 3. The van der Waals surface area contributed by atoms with Crippen molar-refractivity contribution in [2.24, 2.45) is 5.41 Å². The zero-order valence-corrected chi connectivity index (χ0v) is 38.4. The Labute approximate surface area is 374 Å². The van der Waals surface area contributed by atoms with E-state index >= 15 is 0 Å². The summed E-state index contributed by atoms with van der Waals surface area (Å²) in [5, 5.41) is 28.8. The van der Waals surface area contributed by atoms with Gasteiger partial charge in [0.2, 0.25) is 17.7 Å². The number of phosphoric acid groups is 3. The van der Waals surface area contributed by atoms with Gasteiger partial charge in [0.05, 0.1) is 26.0 Å². The Hall–Kier alpha value is -3.40. The van der Waals surface area contributed by atoms with Crippen LogP contribution in [-0.2, 0) is 61.9 Å². The minimum Gasteiger partial charge on any atom is -0.386 e. The fourth-order valence-electron chi connectivity index (χ4n) is 5.82. The highest BCUT2D eigenvalue weighted by Crippen LogP contribution is 2.61. The number of carbonyl (C=O) groups is 4. The van der Waals surface area contributed by atoms with Crippen LogP contribution in [0.1, 0.15) is 38.5 Å². The number of thiol groups is 1. The van der Waals surface area contributed by atoms with Gasteiger partial charge in [-0.05, 0) is 12.0 Å². The van der Waals surface area contributed by atoms with Crippen molar-refractivity contribution in [1.29, 1.82) is 0 Å². The molecule has 26 nitrogen and oxygen atoms in total. The molecule has 1 aliphatic heterocycles. The number of nitrogen functional groups attached to an aromatic ring is 1. The van der Waals surface area contributed by atoms with Gasteiger partial charge < -0.3 is 56.2 Å². The summed E-state index contributed by atoms with van der Waals surface area (Å²) in [5.41, 5.74) is 5.22. The standard InChI is InChI=1S/C33H49N8O18P3S2/c1-33(2,28(46)31(47)36-9-8-22(42)35-10-11-64-24(44)13-23(43)40-20(15-63)12-19-6-4-3-5-7-19)16-56-62(53,54)59-61(51,52)55-14-21-27(58-60(48,49)50)26(45)32(57-21)41-18-39-25-29(34)37-17-38-30(25)41/h3-7,17-18,20-21,26-28,32,45-46,63H,8-16H2,1-2H3,(H,35,42)(H,36,47)(H,40,43)(H,51,52)(H,53,54)(H2,34,37,38)(H2,48,49,50)/t20-,21?,26?,27?,28?,32?/m1/s1. The lowest BCUT2D eigenvalue weighted by molar-refractivity contribution is -0.137. The summed E-state index contributed by atoms with van der Waals surface area (Å²) in [5.74, 6) is -1.49. The first-order valence-corrected chi connectivity index (χ1v) is 25.0. The van der Waals surface area contributed by atoms with Gasteiger partial charge >= 0.3 is 23.5 Å². The fraction of sp³-hybridized carbons (Fsp3) is 0.545. The minimum atomic E-state index is -5.60. The van der Waals surface area contributed by atoms with Crippen LogP contribution in [-0.4, -0.2) is 140 Å². The van der Waals surface area contributed by atoms with E-state index in [1.807, 2.05) is 30.3 Å². The number of carbonyl (C=O) groups excluding carboxylic acids is 4. The van der Waals surface area contributed by atoms with Gasteiger partial charge in [-0.1, -0.05) is 55.9 Å². The van der Waals surface area contributed by atoms with Crippen molar-refractivity contribution in [2.45, 2.75) is 69.8 Å². The molecule has 3 aromatic rings. The van der Waals surface area contributed by atoms with Gasteiger partial charge in [-0.15, -0.1) is 0 Å². The van der Waals surface area contributed by atoms with Crippen molar-refractivity contribution in [2.75, 3.05) is 43.5 Å². The molecule has 0 bridgehead atoms. The molecule has 1 saturated heterocycles. The molecule has 1 aliphatic rings. The van der Waals surface area contributed by atoms with Crippen LogP contribution in [0.3, 0.4) is 0 Å². The summed E-state index contributed by atoms with van der Waals surface area (Å²) in [7, 11) is -16.5. The van der Waals surface area contributed by atoms with Crippen molar-refractivity contribution in [3.05, 3.63) is 48.5 Å². The molecule has 0 saturated carbocycles. The Kier molecular flexibility index (Phi) is 19.4. The number of aliphatic hydroxyl groups is 2. The summed E-state index contributed by atoms with van der Waals surface area (Å²) in [6.07, 6.45) is -6.91. The quantitative estimate of drug-likeness (QED) is 0.0225. The molecular formula is C33H49N8O18P3S2. The Morgan fingerprint density at radius 1 is 1.00 bits per heavy atom. The summed E-state index contributed by atoms with van der Waals surface area (Å²) in [6.45, 7) is 0.217. The lowest BCUT2D eigenvalue weighted by atomic mass is 9.87. The Morgan fingerprint density at radius 3 is 2.36 bits per heavy atom. The monoisotopic (exact) mass is 1000 g/mol. The number of thioether (sulfide) groups is 1. The third kappa shape index (κ3) is 16.5. The number of nitrogens with one attached hydrogen (secondary N) is 3. The van der Waals surface area contributed by atoms with Gasteiger partial charge in [0.15, 0.2) is 22.8 Å². The van der Waals surface area contributed by atoms with E-state index in [4.69, 9.17) is 19.5 Å². The molecule has 2 aromatic heterocycles. The van der Waals surface area contributed by atoms with Gasteiger partial charge in [0, 0.05) is 42.5 Å². The second kappa shape index (κ2) is 23.4. The minimum absolute atomic E-state index is 0.0208. The fourth-order valence-corrected chi connectivity index (χ4v) is 9.53. The summed E-state index contributed by atoms with van der Waals surface area (Å²) in [6, 6.07) is 9.21. The van der Waals surface area contributed by atoms with Gasteiger partial charge in [0.1, 0.15) is 36.3 Å². The second-order valence-corrected chi connectivity index (χ2v) is 20.4. The molecule has 8 atom stereocenters. The van der Waals surface area contributed by atoms with E-state index in [0.717, 1.165) is 34.5 Å². The SMILES string of the molecule is CC(C)(COP(=O)(O)OP(=O)(O)OCC1OC(n2cnc3c(N)ncnc32)C(O)C1OP(=O)(O)O)C(O)C(=O)NCCC(=O)NCCSC(=O)CC(=O)N[C@@H](CS)Cc1ccccc1. The van der Waals surface area contributed by atoms with Crippen molar-refractivity contribution in [1.82, 2.24) is 35.5 Å². The number of aliphatic hydroxyl groups excluding tert-OH is 2. The predicted molar refractivity (Wildman–Crippen MR) is 228 cm³/mol. The average Bonchev–Trinajstić information content (AvgIpc) is 3.77. The number of hydrogen-bond acceptors (Lipinski definition) is 20. The van der Waals surface area contributed by atoms with Crippen molar-refractivity contribution in [3.63, 3.8) is 0 Å². The van der Waals surface area contributed by atoms with E-state index in [-0.39, 0.29) is 54.7 Å². The van der Waals surface area contributed by atoms with E-state index in [9.17, 15) is 62.7 Å². The molecule has 64 heavy (non-hydrogen) atoms. The van der Waals surface area contributed by atoms with Crippen molar-refractivity contribution < 1.29 is 85.3 Å². The first-order valence-electron chi connectivity index (χ1n) is 18.9. The Bertz CT molecular complexity index is 2240. The van der Waals surface area contributed by atoms with Crippen LogP contribution < -0.4 is 21.7 Å². The number of nitrogens with zero attached hydrogens (tertiary/aromatic N) is 4. The van der Waals surface area contributed by atoms with Crippen LogP contribution in [0.25, 0.3) is 11.2 Å². The Balaban J connectivity index is 1.16. The topological polar surface area (TPSA) is 393 Å². The predicted octanol–water partition coefficient (Wildman–Crippen LogP) is -0.288. The smallest absolute Gasteiger partial charge is 0.386 e. The van der Waals surface area contributed by atoms with Crippen molar-refractivity contribution >= 4 is 87.7 Å². The zero-order chi connectivity index (χ0) is 47.5. The zero-order valence-electron chi connectivity index (χ0n) is 34.0. The van der Waals surface area contributed by atoms with Crippen LogP contribution in [0.5, 0.6) is 0 Å². The third-order valence-electron chi connectivity index (χ3n) is 8.98. The first-order chi connectivity index (χ1) is 29.9. The molecule has 7 unspecified atom stereocenters. The summed E-state index contributed by atoms with van der Waals surface area (Å²) in [4.78, 5) is 101. The second-order valence-electron chi connectivity index (χ2n) is 14.6. The number of fused-ring (bicyclic) bond motifs is 1. The lowest BCUT2D eigenvalue weighted by Crippen LogP contribution is -2.46.